The van der Waals surface area contributed by atoms with Crippen molar-refractivity contribution in [1.82, 2.24) is 0 Å². The number of anilines is 1. The van der Waals surface area contributed by atoms with Crippen molar-refractivity contribution in [3.63, 3.8) is 0 Å². The molecule has 1 aliphatic heterocycles. The van der Waals surface area contributed by atoms with Crippen LogP contribution < -0.4 is 15.8 Å². The van der Waals surface area contributed by atoms with Crippen LogP contribution in [0.25, 0.3) is 10.8 Å². The highest BCUT2D eigenvalue weighted by Gasteiger charge is 2.30. The summed E-state index contributed by atoms with van der Waals surface area (Å²) >= 11 is 0. The molecule has 0 bridgehead atoms. The number of nitrogens with two attached hydrogens (primary N) is 1. The number of ether oxygens (including phenoxy) is 3. The van der Waals surface area contributed by atoms with Gasteiger partial charge in [0.25, 0.3) is 5.91 Å². The van der Waals surface area contributed by atoms with Crippen molar-refractivity contribution < 1.29 is 23.8 Å². The summed E-state index contributed by atoms with van der Waals surface area (Å²) in [6.07, 6.45) is 0.899. The molecule has 0 aliphatic carbocycles. The average Bonchev–Trinajstić information content (AvgIpc) is 3.16. The smallest absolute Gasteiger partial charge is 0.343 e. The topological polar surface area (TPSA) is 99.9 Å². The number of hydrogen-bond acceptors (Lipinski definition) is 6. The zero-order valence-electron chi connectivity index (χ0n) is 14.6. The Bertz CT molecular complexity index is 808. The van der Waals surface area contributed by atoms with Crippen LogP contribution >= 0.6 is 0 Å². The maximum Gasteiger partial charge on any atom is 0.343 e. The minimum atomic E-state index is -0.488. The summed E-state index contributed by atoms with van der Waals surface area (Å²) in [5.74, 6) is -0.0991. The minimum Gasteiger partial charge on any atom is -0.481 e. The molecule has 0 spiro atoms. The lowest BCUT2D eigenvalue weighted by molar-refractivity contribution is -0.142. The molecule has 1 fully saturated rings. The number of carbonyl (C=O) groups excluding carboxylic acids is 2. The fourth-order valence-electron chi connectivity index (χ4n) is 2.99. The molecule has 1 amide bonds. The molecule has 0 unspecified atom stereocenters. The second-order valence-corrected chi connectivity index (χ2v) is 6.07. The Morgan fingerprint density at radius 3 is 2.65 bits per heavy atom. The third-order valence-electron chi connectivity index (χ3n) is 4.38. The molecular formula is C19H22N2O5. The van der Waals surface area contributed by atoms with Crippen LogP contribution in [0.1, 0.15) is 12.8 Å². The Morgan fingerprint density at radius 2 is 1.96 bits per heavy atom. The second-order valence-electron chi connectivity index (χ2n) is 6.07. The molecule has 7 heteroatoms. The molecule has 0 radical (unpaired) electrons. The van der Waals surface area contributed by atoms with E-state index in [1.165, 1.54) is 7.11 Å². The first-order valence-electron chi connectivity index (χ1n) is 8.50. The van der Waals surface area contributed by atoms with Crippen molar-refractivity contribution >= 4 is 28.3 Å². The molecule has 0 saturated carbocycles. The number of esters is 1. The zero-order chi connectivity index (χ0) is 18.5. The number of nitrogens with one attached hydrogen (secondary N) is 1. The summed E-state index contributed by atoms with van der Waals surface area (Å²) in [6.45, 7) is 0.238. The van der Waals surface area contributed by atoms with Gasteiger partial charge in [-0.05, 0) is 25.0 Å². The molecule has 3 rings (SSSR count). The lowest BCUT2D eigenvalue weighted by atomic mass is 10.1. The number of benzene rings is 2. The zero-order valence-corrected chi connectivity index (χ0v) is 14.6. The number of methoxy groups -OCH3 is 1. The van der Waals surface area contributed by atoms with Gasteiger partial charge in [-0.3, -0.25) is 4.79 Å². The van der Waals surface area contributed by atoms with E-state index in [0.29, 0.717) is 24.4 Å². The first-order chi connectivity index (χ1) is 12.6. The van der Waals surface area contributed by atoms with E-state index in [-0.39, 0.29) is 18.6 Å². The first-order valence-corrected chi connectivity index (χ1v) is 8.50. The van der Waals surface area contributed by atoms with E-state index >= 15 is 0 Å². The summed E-state index contributed by atoms with van der Waals surface area (Å²) in [7, 11) is 1.31. The minimum absolute atomic E-state index is 0.0587. The molecule has 2 aromatic carbocycles. The number of hydrogen-bond donors (Lipinski definition) is 2. The third-order valence-corrected chi connectivity index (χ3v) is 4.38. The molecular weight excluding hydrogens is 336 g/mol. The normalized spacial score (nSPS) is 19.3. The summed E-state index contributed by atoms with van der Waals surface area (Å²) < 4.78 is 15.8. The van der Waals surface area contributed by atoms with Crippen molar-refractivity contribution in [2.24, 2.45) is 5.73 Å². The van der Waals surface area contributed by atoms with Crippen LogP contribution in [0, 0.1) is 0 Å². The largest absolute Gasteiger partial charge is 0.481 e. The maximum atomic E-state index is 12.5. The standard InChI is InChI=1S/C19H22N2O5/c1-24-18(22)11-25-16-9-7-15(13-4-2-3-5-14(13)16)21-19(23)17-8-6-12(10-20)26-17/h2-5,7,9,12,17H,6,8,10-11,20H2,1H3,(H,21,23)/t12-,17+/m1/s1. The highest BCUT2D eigenvalue weighted by molar-refractivity contribution is 6.05. The Hall–Kier alpha value is -2.64. The molecule has 138 valence electrons. The van der Waals surface area contributed by atoms with E-state index in [1.807, 2.05) is 24.3 Å². The SMILES string of the molecule is COC(=O)COc1ccc(NC(=O)[C@@H]2CC[C@H](CN)O2)c2ccccc12. The number of rotatable bonds is 6. The van der Waals surface area contributed by atoms with Crippen molar-refractivity contribution in [2.45, 2.75) is 25.0 Å². The molecule has 1 heterocycles. The number of amides is 1. The Labute approximate surface area is 151 Å². The molecule has 2 aromatic rings. The molecule has 2 atom stereocenters. The van der Waals surface area contributed by atoms with E-state index in [2.05, 4.69) is 10.1 Å². The highest BCUT2D eigenvalue weighted by Crippen LogP contribution is 2.32. The molecule has 1 aliphatic rings. The lowest BCUT2D eigenvalue weighted by Crippen LogP contribution is -2.29. The van der Waals surface area contributed by atoms with Crippen molar-refractivity contribution in [1.29, 1.82) is 0 Å². The van der Waals surface area contributed by atoms with Crippen LogP contribution in [0.15, 0.2) is 36.4 Å². The van der Waals surface area contributed by atoms with Crippen LogP contribution in [-0.4, -0.2) is 44.3 Å². The van der Waals surface area contributed by atoms with E-state index in [1.54, 1.807) is 12.1 Å². The fourth-order valence-corrected chi connectivity index (χ4v) is 2.99. The molecule has 26 heavy (non-hydrogen) atoms. The van der Waals surface area contributed by atoms with E-state index in [9.17, 15) is 9.59 Å². The van der Waals surface area contributed by atoms with Gasteiger partial charge in [-0.25, -0.2) is 4.79 Å². The summed E-state index contributed by atoms with van der Waals surface area (Å²) in [4.78, 5) is 23.8. The molecule has 3 N–H and O–H groups in total. The van der Waals surface area contributed by atoms with Crippen molar-refractivity contribution in [3.8, 4) is 5.75 Å². The van der Waals surface area contributed by atoms with Crippen LogP contribution in [0.4, 0.5) is 5.69 Å². The van der Waals surface area contributed by atoms with Crippen LogP contribution in [-0.2, 0) is 19.1 Å². The van der Waals surface area contributed by atoms with Crippen molar-refractivity contribution in [3.05, 3.63) is 36.4 Å². The average molecular weight is 358 g/mol. The maximum absolute atomic E-state index is 12.5. The first kappa shape index (κ1) is 18.2. The molecule has 1 saturated heterocycles. The van der Waals surface area contributed by atoms with Gasteiger partial charge in [0.1, 0.15) is 11.9 Å². The van der Waals surface area contributed by atoms with Gasteiger partial charge in [-0.1, -0.05) is 24.3 Å². The van der Waals surface area contributed by atoms with E-state index in [0.717, 1.165) is 17.2 Å². The van der Waals surface area contributed by atoms with Gasteiger partial charge in [-0.2, -0.15) is 0 Å². The van der Waals surface area contributed by atoms with Crippen molar-refractivity contribution in [2.75, 3.05) is 25.6 Å². The predicted molar refractivity (Wildman–Crippen MR) is 97.0 cm³/mol. The summed E-state index contributed by atoms with van der Waals surface area (Å²) in [5, 5.41) is 4.53. The van der Waals surface area contributed by atoms with Gasteiger partial charge in [0.15, 0.2) is 6.61 Å². The number of fused-ring (bicyclic) bond motifs is 1. The number of carbonyl (C=O) groups is 2. The molecule has 7 nitrogen and oxygen atoms in total. The summed E-state index contributed by atoms with van der Waals surface area (Å²) in [6, 6.07) is 11.0. The third kappa shape index (κ3) is 3.95. The van der Waals surface area contributed by atoms with Gasteiger partial charge >= 0.3 is 5.97 Å². The van der Waals surface area contributed by atoms with Gasteiger partial charge < -0.3 is 25.3 Å². The second kappa shape index (κ2) is 8.16. The Kier molecular flexibility index (Phi) is 5.70. The van der Waals surface area contributed by atoms with E-state index < -0.39 is 12.1 Å². The van der Waals surface area contributed by atoms with Crippen LogP contribution in [0.5, 0.6) is 5.75 Å². The van der Waals surface area contributed by atoms with Gasteiger partial charge in [0.05, 0.1) is 13.2 Å². The Balaban J connectivity index is 1.79. The lowest BCUT2D eigenvalue weighted by Gasteiger charge is -2.15. The van der Waals surface area contributed by atoms with Crippen LogP contribution in [0.2, 0.25) is 0 Å². The van der Waals surface area contributed by atoms with Gasteiger partial charge in [0.2, 0.25) is 0 Å². The highest BCUT2D eigenvalue weighted by atomic mass is 16.6. The van der Waals surface area contributed by atoms with Gasteiger partial charge in [0, 0.05) is 23.0 Å². The fraction of sp³-hybridized carbons (Fsp3) is 0.368. The summed E-state index contributed by atoms with van der Waals surface area (Å²) in [5.41, 5.74) is 6.26. The predicted octanol–water partition coefficient (Wildman–Crippen LogP) is 1.84. The van der Waals surface area contributed by atoms with Crippen LogP contribution in [0.3, 0.4) is 0 Å². The monoisotopic (exact) mass is 358 g/mol. The van der Waals surface area contributed by atoms with Gasteiger partial charge in [-0.15, -0.1) is 0 Å². The molecule has 0 aromatic heterocycles. The quantitative estimate of drug-likeness (QED) is 0.764. The van der Waals surface area contributed by atoms with E-state index in [4.69, 9.17) is 15.2 Å². The Morgan fingerprint density at radius 1 is 1.19 bits per heavy atom.